The molecule has 108 valence electrons. The van der Waals surface area contributed by atoms with Gasteiger partial charge in [-0.3, -0.25) is 9.59 Å². The number of anilines is 1. The van der Waals surface area contributed by atoms with Crippen molar-refractivity contribution in [3.63, 3.8) is 0 Å². The maximum Gasteiger partial charge on any atom is 0.248 e. The molecule has 5 N–H and O–H groups in total. The van der Waals surface area contributed by atoms with E-state index in [-0.39, 0.29) is 11.8 Å². The molecule has 0 bridgehead atoms. The van der Waals surface area contributed by atoms with Crippen LogP contribution in [0.3, 0.4) is 0 Å². The van der Waals surface area contributed by atoms with Crippen LogP contribution in [0.25, 0.3) is 0 Å². The molecule has 20 heavy (non-hydrogen) atoms. The van der Waals surface area contributed by atoms with E-state index in [2.05, 4.69) is 5.32 Å². The second-order valence-corrected chi connectivity index (χ2v) is 5.38. The van der Waals surface area contributed by atoms with E-state index >= 15 is 0 Å². The molecule has 5 heteroatoms. The molecule has 2 amide bonds. The zero-order valence-corrected chi connectivity index (χ0v) is 11.5. The minimum absolute atomic E-state index is 0.0484. The first kappa shape index (κ1) is 14.5. The summed E-state index contributed by atoms with van der Waals surface area (Å²) in [6.45, 7) is 0.711. The molecule has 5 nitrogen and oxygen atoms in total. The van der Waals surface area contributed by atoms with Crippen molar-refractivity contribution in [3.8, 4) is 0 Å². The molecule has 1 fully saturated rings. The molecule has 0 saturated heterocycles. The quantitative estimate of drug-likeness (QED) is 0.776. The Morgan fingerprint density at radius 3 is 2.20 bits per heavy atom. The van der Waals surface area contributed by atoms with Crippen molar-refractivity contribution in [3.05, 3.63) is 29.8 Å². The van der Waals surface area contributed by atoms with Gasteiger partial charge in [0.05, 0.1) is 0 Å². The number of carbonyl (C=O) groups is 2. The van der Waals surface area contributed by atoms with Gasteiger partial charge in [0, 0.05) is 17.2 Å². The highest BCUT2D eigenvalue weighted by atomic mass is 16.2. The fraction of sp³-hybridized carbons (Fsp3) is 0.467. The SMILES string of the molecule is NCC1CCC(C(=O)Nc2ccc(C(N)=O)cc2)CC1. The van der Waals surface area contributed by atoms with E-state index < -0.39 is 5.91 Å². The lowest BCUT2D eigenvalue weighted by Crippen LogP contribution is -2.29. The number of carbonyl (C=O) groups excluding carboxylic acids is 2. The molecule has 0 aromatic heterocycles. The van der Waals surface area contributed by atoms with E-state index in [9.17, 15) is 9.59 Å². The van der Waals surface area contributed by atoms with Gasteiger partial charge < -0.3 is 16.8 Å². The Balaban J connectivity index is 1.90. The minimum atomic E-state index is -0.469. The first-order chi connectivity index (χ1) is 9.60. The van der Waals surface area contributed by atoms with Crippen molar-refractivity contribution in [2.24, 2.45) is 23.3 Å². The van der Waals surface area contributed by atoms with Crippen molar-refractivity contribution < 1.29 is 9.59 Å². The zero-order valence-electron chi connectivity index (χ0n) is 11.5. The zero-order chi connectivity index (χ0) is 14.5. The van der Waals surface area contributed by atoms with Crippen LogP contribution in [0.5, 0.6) is 0 Å². The summed E-state index contributed by atoms with van der Waals surface area (Å²) < 4.78 is 0. The fourth-order valence-corrected chi connectivity index (χ4v) is 2.62. The molecule has 0 radical (unpaired) electrons. The maximum absolute atomic E-state index is 12.1. The number of rotatable bonds is 4. The summed E-state index contributed by atoms with van der Waals surface area (Å²) in [5, 5.41) is 2.89. The summed E-state index contributed by atoms with van der Waals surface area (Å²) >= 11 is 0. The molecule has 1 aromatic rings. The maximum atomic E-state index is 12.1. The van der Waals surface area contributed by atoms with Gasteiger partial charge in [-0.1, -0.05) is 0 Å². The normalized spacial score (nSPS) is 22.2. The van der Waals surface area contributed by atoms with Crippen LogP contribution >= 0.6 is 0 Å². The molecule has 1 aliphatic carbocycles. The summed E-state index contributed by atoms with van der Waals surface area (Å²) in [6, 6.07) is 6.62. The number of nitrogens with one attached hydrogen (secondary N) is 1. The molecule has 1 aromatic carbocycles. The van der Waals surface area contributed by atoms with Crippen molar-refractivity contribution in [2.75, 3.05) is 11.9 Å². The molecule has 2 rings (SSSR count). The summed E-state index contributed by atoms with van der Waals surface area (Å²) in [7, 11) is 0. The lowest BCUT2D eigenvalue weighted by molar-refractivity contribution is -0.121. The van der Waals surface area contributed by atoms with Crippen LogP contribution in [-0.2, 0) is 4.79 Å². The molecule has 0 heterocycles. The summed E-state index contributed by atoms with van der Waals surface area (Å²) in [5.41, 5.74) is 12.0. The lowest BCUT2D eigenvalue weighted by Gasteiger charge is -2.26. The highest BCUT2D eigenvalue weighted by Crippen LogP contribution is 2.29. The number of benzene rings is 1. The van der Waals surface area contributed by atoms with Crippen LogP contribution in [-0.4, -0.2) is 18.4 Å². The third-order valence-electron chi connectivity index (χ3n) is 3.99. The van der Waals surface area contributed by atoms with Gasteiger partial charge in [-0.2, -0.15) is 0 Å². The summed E-state index contributed by atoms with van der Waals surface area (Å²) in [6.07, 6.45) is 3.84. The average Bonchev–Trinajstić information content (AvgIpc) is 2.48. The minimum Gasteiger partial charge on any atom is -0.366 e. The van der Waals surface area contributed by atoms with Crippen LogP contribution < -0.4 is 16.8 Å². The largest absolute Gasteiger partial charge is 0.366 e. The number of hydrogen-bond donors (Lipinski definition) is 3. The van der Waals surface area contributed by atoms with Crippen molar-refractivity contribution in [2.45, 2.75) is 25.7 Å². The van der Waals surface area contributed by atoms with Gasteiger partial charge in [0.15, 0.2) is 0 Å². The molecular formula is C15H21N3O2. The van der Waals surface area contributed by atoms with Gasteiger partial charge >= 0.3 is 0 Å². The second-order valence-electron chi connectivity index (χ2n) is 5.38. The standard InChI is InChI=1S/C15H21N3O2/c16-9-10-1-3-12(4-2-10)15(20)18-13-7-5-11(6-8-13)14(17)19/h5-8,10,12H,1-4,9,16H2,(H2,17,19)(H,18,20). The van der Waals surface area contributed by atoms with Crippen LogP contribution in [0.15, 0.2) is 24.3 Å². The Hall–Kier alpha value is -1.88. The topological polar surface area (TPSA) is 98.2 Å². The van der Waals surface area contributed by atoms with Gasteiger partial charge in [0.25, 0.3) is 0 Å². The van der Waals surface area contributed by atoms with Gasteiger partial charge in [0.1, 0.15) is 0 Å². The van der Waals surface area contributed by atoms with Gasteiger partial charge in [-0.15, -0.1) is 0 Å². The van der Waals surface area contributed by atoms with Crippen molar-refractivity contribution in [1.29, 1.82) is 0 Å². The Bertz CT molecular complexity index is 476. The van der Waals surface area contributed by atoms with Crippen LogP contribution in [0.1, 0.15) is 36.0 Å². The Labute approximate surface area is 118 Å². The highest BCUT2D eigenvalue weighted by molar-refractivity contribution is 5.95. The average molecular weight is 275 g/mol. The molecule has 0 spiro atoms. The van der Waals surface area contributed by atoms with Gasteiger partial charge in [0.2, 0.25) is 11.8 Å². The summed E-state index contributed by atoms with van der Waals surface area (Å²) in [4.78, 5) is 23.1. The molecule has 0 atom stereocenters. The fourth-order valence-electron chi connectivity index (χ4n) is 2.62. The molecular weight excluding hydrogens is 254 g/mol. The van der Waals surface area contributed by atoms with Crippen LogP contribution in [0.2, 0.25) is 0 Å². The van der Waals surface area contributed by atoms with E-state index in [1.807, 2.05) is 0 Å². The van der Waals surface area contributed by atoms with Gasteiger partial charge in [-0.05, 0) is 62.4 Å². The first-order valence-electron chi connectivity index (χ1n) is 7.01. The first-order valence-corrected chi connectivity index (χ1v) is 7.01. The predicted molar refractivity (Wildman–Crippen MR) is 78.1 cm³/mol. The number of nitrogens with two attached hydrogens (primary N) is 2. The smallest absolute Gasteiger partial charge is 0.248 e. The lowest BCUT2D eigenvalue weighted by atomic mass is 9.81. The van der Waals surface area contributed by atoms with Crippen molar-refractivity contribution >= 4 is 17.5 Å². The Kier molecular flexibility index (Phi) is 4.74. The predicted octanol–water partition coefficient (Wildman–Crippen LogP) is 1.49. The summed E-state index contributed by atoms with van der Waals surface area (Å²) in [5.74, 6) is 0.206. The third-order valence-corrected chi connectivity index (χ3v) is 3.99. The van der Waals surface area contributed by atoms with Crippen molar-refractivity contribution in [1.82, 2.24) is 0 Å². The van der Waals surface area contributed by atoms with E-state index in [0.717, 1.165) is 25.7 Å². The second kappa shape index (κ2) is 6.52. The Morgan fingerprint density at radius 2 is 1.70 bits per heavy atom. The molecule has 0 aliphatic heterocycles. The molecule has 1 aliphatic rings. The molecule has 0 unspecified atom stereocenters. The van der Waals surface area contributed by atoms with E-state index in [1.54, 1.807) is 24.3 Å². The van der Waals surface area contributed by atoms with E-state index in [1.165, 1.54) is 0 Å². The highest BCUT2D eigenvalue weighted by Gasteiger charge is 2.25. The van der Waals surface area contributed by atoms with Crippen LogP contribution in [0.4, 0.5) is 5.69 Å². The third kappa shape index (κ3) is 3.57. The van der Waals surface area contributed by atoms with Crippen LogP contribution in [0, 0.1) is 11.8 Å². The number of hydrogen-bond acceptors (Lipinski definition) is 3. The van der Waals surface area contributed by atoms with E-state index in [0.29, 0.717) is 23.7 Å². The number of primary amides is 1. The molecule has 1 saturated carbocycles. The van der Waals surface area contributed by atoms with Gasteiger partial charge in [-0.25, -0.2) is 0 Å². The van der Waals surface area contributed by atoms with E-state index in [4.69, 9.17) is 11.5 Å². The number of amides is 2. The monoisotopic (exact) mass is 275 g/mol. The Morgan fingerprint density at radius 1 is 1.10 bits per heavy atom.